The third-order valence-electron chi connectivity index (χ3n) is 3.06. The van der Waals surface area contributed by atoms with Gasteiger partial charge in [0.25, 0.3) is 0 Å². The van der Waals surface area contributed by atoms with Crippen molar-refractivity contribution in [3.05, 3.63) is 64.5 Å². The zero-order valence-corrected chi connectivity index (χ0v) is 12.4. The second-order valence-electron chi connectivity index (χ2n) is 4.43. The van der Waals surface area contributed by atoms with Crippen LogP contribution in [0.3, 0.4) is 0 Å². The Labute approximate surface area is 129 Å². The lowest BCUT2D eigenvalue weighted by molar-refractivity contribution is 0.637. The van der Waals surface area contributed by atoms with E-state index >= 15 is 0 Å². The highest BCUT2D eigenvalue weighted by Crippen LogP contribution is 2.30. The summed E-state index contributed by atoms with van der Waals surface area (Å²) in [4.78, 5) is 4.02. The summed E-state index contributed by atoms with van der Waals surface area (Å²) in [6.07, 6.45) is 1.38. The van der Waals surface area contributed by atoms with Gasteiger partial charge in [-0.2, -0.15) is 5.26 Å². The minimum absolute atomic E-state index is 0.244. The molecule has 3 nitrogen and oxygen atoms in total. The summed E-state index contributed by atoms with van der Waals surface area (Å²) in [5.41, 5.74) is 1.97. The molecule has 1 heterocycles. The van der Waals surface area contributed by atoms with E-state index in [1.165, 1.54) is 12.3 Å². The molecule has 0 amide bonds. The number of hydrogen-bond donors (Lipinski definition) is 1. The van der Waals surface area contributed by atoms with E-state index in [9.17, 15) is 9.65 Å². The Balaban J connectivity index is 2.20. The molecular formula is C16H9BrFN3. The van der Waals surface area contributed by atoms with Gasteiger partial charge in [0.1, 0.15) is 17.4 Å². The van der Waals surface area contributed by atoms with Crippen molar-refractivity contribution in [1.29, 1.82) is 5.26 Å². The van der Waals surface area contributed by atoms with Gasteiger partial charge in [-0.15, -0.1) is 0 Å². The Hall–Kier alpha value is -2.45. The largest absolute Gasteiger partial charge is 0.354 e. The standard InChI is InChI=1S/C16H9BrFN3/c17-11-3-1-4-12(7-11)21-15-10(8-19)9-20-16-13(15)5-2-6-14(16)18/h1-7,9H,(H,20,21). The lowest BCUT2D eigenvalue weighted by Gasteiger charge is -2.12. The van der Waals surface area contributed by atoms with Crippen molar-refractivity contribution in [2.45, 2.75) is 0 Å². The zero-order valence-electron chi connectivity index (χ0n) is 10.8. The molecule has 1 aromatic heterocycles. The van der Waals surface area contributed by atoms with E-state index in [1.807, 2.05) is 24.3 Å². The number of aromatic nitrogens is 1. The molecule has 0 aliphatic rings. The van der Waals surface area contributed by atoms with Crippen molar-refractivity contribution in [2.24, 2.45) is 0 Å². The van der Waals surface area contributed by atoms with E-state index in [1.54, 1.807) is 12.1 Å². The number of anilines is 2. The van der Waals surface area contributed by atoms with Crippen LogP contribution in [-0.2, 0) is 0 Å². The van der Waals surface area contributed by atoms with E-state index in [0.717, 1.165) is 10.2 Å². The fourth-order valence-electron chi connectivity index (χ4n) is 2.12. The highest BCUT2D eigenvalue weighted by Gasteiger charge is 2.11. The molecule has 21 heavy (non-hydrogen) atoms. The molecular weight excluding hydrogens is 333 g/mol. The summed E-state index contributed by atoms with van der Waals surface area (Å²) in [7, 11) is 0. The first-order valence-corrected chi connectivity index (χ1v) is 6.98. The number of pyridine rings is 1. The molecule has 0 spiro atoms. The molecule has 0 unspecified atom stereocenters. The van der Waals surface area contributed by atoms with Crippen molar-refractivity contribution < 1.29 is 4.39 Å². The van der Waals surface area contributed by atoms with Crippen LogP contribution in [0.15, 0.2) is 53.1 Å². The molecule has 3 aromatic rings. The van der Waals surface area contributed by atoms with Crippen molar-refractivity contribution >= 4 is 38.2 Å². The van der Waals surface area contributed by atoms with E-state index in [2.05, 4.69) is 32.3 Å². The number of para-hydroxylation sites is 1. The number of hydrogen-bond acceptors (Lipinski definition) is 3. The van der Waals surface area contributed by atoms with Crippen molar-refractivity contribution in [3.63, 3.8) is 0 Å². The smallest absolute Gasteiger partial charge is 0.149 e. The van der Waals surface area contributed by atoms with Gasteiger partial charge >= 0.3 is 0 Å². The fourth-order valence-corrected chi connectivity index (χ4v) is 2.52. The molecule has 0 fully saturated rings. The van der Waals surface area contributed by atoms with Crippen LogP contribution in [0, 0.1) is 17.1 Å². The SMILES string of the molecule is N#Cc1cnc2c(F)cccc2c1Nc1cccc(Br)c1. The van der Waals surface area contributed by atoms with Crippen LogP contribution < -0.4 is 5.32 Å². The predicted octanol–water partition coefficient (Wildman–Crippen LogP) is 4.75. The normalized spacial score (nSPS) is 10.3. The van der Waals surface area contributed by atoms with E-state index < -0.39 is 5.82 Å². The van der Waals surface area contributed by atoms with E-state index in [-0.39, 0.29) is 5.52 Å². The van der Waals surface area contributed by atoms with Crippen LogP contribution in [0.1, 0.15) is 5.56 Å². The van der Waals surface area contributed by atoms with Gasteiger partial charge in [-0.25, -0.2) is 4.39 Å². The lowest BCUT2D eigenvalue weighted by atomic mass is 10.1. The van der Waals surface area contributed by atoms with Crippen LogP contribution in [0.25, 0.3) is 10.9 Å². The minimum Gasteiger partial charge on any atom is -0.354 e. The molecule has 102 valence electrons. The summed E-state index contributed by atoms with van der Waals surface area (Å²) < 4.78 is 14.7. The van der Waals surface area contributed by atoms with Crippen molar-refractivity contribution in [1.82, 2.24) is 4.98 Å². The number of nitriles is 1. The Morgan fingerprint density at radius 3 is 2.76 bits per heavy atom. The number of rotatable bonds is 2. The summed E-state index contributed by atoms with van der Waals surface area (Å²) in [5, 5.41) is 13.0. The molecule has 0 saturated carbocycles. The van der Waals surface area contributed by atoms with E-state index in [0.29, 0.717) is 16.6 Å². The number of benzene rings is 2. The van der Waals surface area contributed by atoms with Gasteiger partial charge in [0, 0.05) is 21.7 Å². The maximum Gasteiger partial charge on any atom is 0.149 e. The maximum atomic E-state index is 13.8. The van der Waals surface area contributed by atoms with Crippen LogP contribution in [-0.4, -0.2) is 4.98 Å². The summed E-state index contributed by atoms with van der Waals surface area (Å²) in [6, 6.07) is 14.3. The second kappa shape index (κ2) is 5.51. The molecule has 2 aromatic carbocycles. The number of fused-ring (bicyclic) bond motifs is 1. The topological polar surface area (TPSA) is 48.7 Å². The highest BCUT2D eigenvalue weighted by atomic mass is 79.9. The zero-order chi connectivity index (χ0) is 14.8. The molecule has 0 atom stereocenters. The number of nitrogens with zero attached hydrogens (tertiary/aromatic N) is 2. The van der Waals surface area contributed by atoms with Gasteiger partial charge in [-0.3, -0.25) is 4.98 Å². The quantitative estimate of drug-likeness (QED) is 0.731. The first-order chi connectivity index (χ1) is 10.2. The summed E-state index contributed by atoms with van der Waals surface area (Å²) in [6.45, 7) is 0. The highest BCUT2D eigenvalue weighted by molar-refractivity contribution is 9.10. The summed E-state index contributed by atoms with van der Waals surface area (Å²) >= 11 is 3.40. The Morgan fingerprint density at radius 1 is 1.19 bits per heavy atom. The predicted molar refractivity (Wildman–Crippen MR) is 83.8 cm³/mol. The lowest BCUT2D eigenvalue weighted by Crippen LogP contribution is -1.97. The van der Waals surface area contributed by atoms with Crippen molar-refractivity contribution in [2.75, 3.05) is 5.32 Å². The molecule has 0 bridgehead atoms. The van der Waals surface area contributed by atoms with Gasteiger partial charge in [0.15, 0.2) is 0 Å². The monoisotopic (exact) mass is 341 g/mol. The molecule has 3 rings (SSSR count). The van der Waals surface area contributed by atoms with Crippen molar-refractivity contribution in [3.8, 4) is 6.07 Å². The van der Waals surface area contributed by atoms with Gasteiger partial charge < -0.3 is 5.32 Å². The van der Waals surface area contributed by atoms with Gasteiger partial charge in [0.05, 0.1) is 11.3 Å². The fraction of sp³-hybridized carbons (Fsp3) is 0. The van der Waals surface area contributed by atoms with E-state index in [4.69, 9.17) is 0 Å². The third kappa shape index (κ3) is 2.58. The third-order valence-corrected chi connectivity index (χ3v) is 3.56. The maximum absolute atomic E-state index is 13.8. The van der Waals surface area contributed by atoms with Crippen LogP contribution in [0.5, 0.6) is 0 Å². The average Bonchev–Trinajstić information content (AvgIpc) is 2.48. The minimum atomic E-state index is -0.408. The number of halogens is 2. The summed E-state index contributed by atoms with van der Waals surface area (Å²) in [5.74, 6) is -0.408. The van der Waals surface area contributed by atoms with Gasteiger partial charge in [0.2, 0.25) is 0 Å². The Kier molecular flexibility index (Phi) is 3.55. The van der Waals surface area contributed by atoms with Crippen LogP contribution >= 0.6 is 15.9 Å². The van der Waals surface area contributed by atoms with Gasteiger partial charge in [-0.05, 0) is 24.3 Å². The first-order valence-electron chi connectivity index (χ1n) is 6.19. The van der Waals surface area contributed by atoms with Crippen LogP contribution in [0.2, 0.25) is 0 Å². The molecule has 0 aliphatic heterocycles. The molecule has 0 aliphatic carbocycles. The first kappa shape index (κ1) is 13.5. The Morgan fingerprint density at radius 2 is 2.00 bits per heavy atom. The molecule has 0 radical (unpaired) electrons. The molecule has 0 saturated heterocycles. The molecule has 1 N–H and O–H groups in total. The average molecular weight is 342 g/mol. The Bertz CT molecular complexity index is 871. The van der Waals surface area contributed by atoms with Gasteiger partial charge in [-0.1, -0.05) is 34.1 Å². The second-order valence-corrected chi connectivity index (χ2v) is 5.35. The number of nitrogens with one attached hydrogen (secondary N) is 1. The van der Waals surface area contributed by atoms with Crippen LogP contribution in [0.4, 0.5) is 15.8 Å². The molecule has 5 heteroatoms.